The second kappa shape index (κ2) is 11.5. The van der Waals surface area contributed by atoms with Crippen LogP contribution in [0.25, 0.3) is 0 Å². The Balaban J connectivity index is 1.86. The molecule has 1 fully saturated rings. The topological polar surface area (TPSA) is 49.4 Å². The van der Waals surface area contributed by atoms with Crippen molar-refractivity contribution in [1.29, 1.82) is 0 Å². The summed E-state index contributed by atoms with van der Waals surface area (Å²) in [5, 5.41) is 3.38. The number of carbonyl (C=O) groups excluding carboxylic acids is 2. The van der Waals surface area contributed by atoms with Crippen LogP contribution in [-0.4, -0.2) is 28.8 Å². The highest BCUT2D eigenvalue weighted by molar-refractivity contribution is 6.31. The SMILES string of the molecule is CC[C@H](C(=O)NC1CCCCC1)N(Cc1ccccc1C)C(=O)Cc1c(F)cccc1Cl. The third kappa shape index (κ3) is 6.10. The lowest BCUT2D eigenvalue weighted by Crippen LogP contribution is -2.52. The Hall–Kier alpha value is -2.40. The average Bonchev–Trinajstić information content (AvgIpc) is 2.78. The van der Waals surface area contributed by atoms with Crippen molar-refractivity contribution in [1.82, 2.24) is 10.2 Å². The molecule has 1 atom stereocenters. The maximum Gasteiger partial charge on any atom is 0.243 e. The fraction of sp³-hybridized carbons (Fsp3) is 0.462. The highest BCUT2D eigenvalue weighted by Gasteiger charge is 2.31. The van der Waals surface area contributed by atoms with Gasteiger partial charge in [0.05, 0.1) is 6.42 Å². The average molecular weight is 459 g/mol. The van der Waals surface area contributed by atoms with Crippen LogP contribution in [0.3, 0.4) is 0 Å². The lowest BCUT2D eigenvalue weighted by Gasteiger charge is -2.33. The van der Waals surface area contributed by atoms with E-state index in [9.17, 15) is 14.0 Å². The van der Waals surface area contributed by atoms with Crippen molar-refractivity contribution in [2.75, 3.05) is 0 Å². The van der Waals surface area contributed by atoms with Crippen molar-refractivity contribution in [2.24, 2.45) is 0 Å². The van der Waals surface area contributed by atoms with Gasteiger partial charge in [0.15, 0.2) is 0 Å². The summed E-state index contributed by atoms with van der Waals surface area (Å²) < 4.78 is 14.4. The van der Waals surface area contributed by atoms with Crippen LogP contribution in [0.15, 0.2) is 42.5 Å². The zero-order chi connectivity index (χ0) is 23.1. The Bertz CT molecular complexity index is 923. The van der Waals surface area contributed by atoms with Crippen LogP contribution < -0.4 is 5.32 Å². The van der Waals surface area contributed by atoms with E-state index in [1.165, 1.54) is 18.6 Å². The Kier molecular flexibility index (Phi) is 8.68. The van der Waals surface area contributed by atoms with Crippen molar-refractivity contribution in [3.8, 4) is 0 Å². The van der Waals surface area contributed by atoms with Gasteiger partial charge < -0.3 is 10.2 Å². The number of hydrogen-bond acceptors (Lipinski definition) is 2. The summed E-state index contributed by atoms with van der Waals surface area (Å²) in [4.78, 5) is 28.3. The van der Waals surface area contributed by atoms with E-state index in [0.717, 1.165) is 36.8 Å². The van der Waals surface area contributed by atoms with Gasteiger partial charge in [-0.25, -0.2) is 4.39 Å². The number of nitrogens with one attached hydrogen (secondary N) is 1. The standard InChI is InChI=1S/C26H32ClFN2O2/c1-3-24(26(32)29-20-12-5-4-6-13-20)30(17-19-11-8-7-10-18(19)2)25(31)16-21-22(27)14-9-15-23(21)28/h7-11,14-15,20,24H,3-6,12-13,16-17H2,1-2H3,(H,29,32)/t24-/m1/s1. The highest BCUT2D eigenvalue weighted by Crippen LogP contribution is 2.23. The summed E-state index contributed by atoms with van der Waals surface area (Å²) in [6, 6.07) is 11.7. The first kappa shape index (κ1) is 24.2. The zero-order valence-electron chi connectivity index (χ0n) is 18.9. The lowest BCUT2D eigenvalue weighted by molar-refractivity contribution is -0.141. The van der Waals surface area contributed by atoms with Gasteiger partial charge in [0, 0.05) is 23.2 Å². The molecule has 172 valence electrons. The Morgan fingerprint density at radius 2 is 1.84 bits per heavy atom. The number of aryl methyl sites for hydroxylation is 1. The van der Waals surface area contributed by atoms with Gasteiger partial charge in [-0.3, -0.25) is 9.59 Å². The van der Waals surface area contributed by atoms with E-state index in [1.54, 1.807) is 11.0 Å². The molecule has 32 heavy (non-hydrogen) atoms. The van der Waals surface area contributed by atoms with Crippen LogP contribution in [0, 0.1) is 12.7 Å². The summed E-state index contributed by atoms with van der Waals surface area (Å²) in [5.41, 5.74) is 2.16. The third-order valence-electron chi connectivity index (χ3n) is 6.33. The van der Waals surface area contributed by atoms with E-state index in [0.29, 0.717) is 6.42 Å². The summed E-state index contributed by atoms with van der Waals surface area (Å²) >= 11 is 6.18. The van der Waals surface area contributed by atoms with Gasteiger partial charge in [0.1, 0.15) is 11.9 Å². The molecule has 2 aromatic rings. The monoisotopic (exact) mass is 458 g/mol. The Labute approximate surface area is 195 Å². The first-order valence-corrected chi connectivity index (χ1v) is 11.9. The smallest absolute Gasteiger partial charge is 0.243 e. The normalized spacial score (nSPS) is 15.2. The van der Waals surface area contributed by atoms with Crippen molar-refractivity contribution < 1.29 is 14.0 Å². The fourth-order valence-corrected chi connectivity index (χ4v) is 4.62. The van der Waals surface area contributed by atoms with E-state index in [-0.39, 0.29) is 41.4 Å². The van der Waals surface area contributed by atoms with Crippen LogP contribution in [0.5, 0.6) is 0 Å². The predicted molar refractivity (Wildman–Crippen MR) is 126 cm³/mol. The second-order valence-electron chi connectivity index (χ2n) is 8.59. The predicted octanol–water partition coefficient (Wildman–Crippen LogP) is 5.59. The van der Waals surface area contributed by atoms with E-state index in [2.05, 4.69) is 5.32 Å². The molecular formula is C26H32ClFN2O2. The molecule has 1 saturated carbocycles. The molecule has 0 aliphatic heterocycles. The van der Waals surface area contributed by atoms with Gasteiger partial charge in [-0.1, -0.05) is 68.1 Å². The van der Waals surface area contributed by atoms with E-state index >= 15 is 0 Å². The van der Waals surface area contributed by atoms with Crippen molar-refractivity contribution in [2.45, 2.75) is 77.4 Å². The maximum absolute atomic E-state index is 14.4. The van der Waals surface area contributed by atoms with Gasteiger partial charge in [0.2, 0.25) is 11.8 Å². The van der Waals surface area contributed by atoms with E-state index in [4.69, 9.17) is 11.6 Å². The molecular weight excluding hydrogens is 427 g/mol. The molecule has 2 aromatic carbocycles. The van der Waals surface area contributed by atoms with Gasteiger partial charge in [-0.05, 0) is 49.4 Å². The quantitative estimate of drug-likeness (QED) is 0.560. The minimum atomic E-state index is -0.630. The molecule has 2 amide bonds. The number of hydrogen-bond donors (Lipinski definition) is 1. The molecule has 1 aliphatic rings. The fourth-order valence-electron chi connectivity index (χ4n) is 4.39. The zero-order valence-corrected chi connectivity index (χ0v) is 19.6. The molecule has 1 N–H and O–H groups in total. The van der Waals surface area contributed by atoms with Gasteiger partial charge in [-0.2, -0.15) is 0 Å². The maximum atomic E-state index is 14.4. The van der Waals surface area contributed by atoms with Crippen molar-refractivity contribution in [3.63, 3.8) is 0 Å². The van der Waals surface area contributed by atoms with Crippen molar-refractivity contribution >= 4 is 23.4 Å². The lowest BCUT2D eigenvalue weighted by atomic mass is 9.95. The summed E-state index contributed by atoms with van der Waals surface area (Å²) in [6.07, 6.45) is 5.65. The molecule has 0 heterocycles. The minimum absolute atomic E-state index is 0.138. The third-order valence-corrected chi connectivity index (χ3v) is 6.68. The Morgan fingerprint density at radius 1 is 1.12 bits per heavy atom. The van der Waals surface area contributed by atoms with Gasteiger partial charge in [0.25, 0.3) is 0 Å². The molecule has 0 aromatic heterocycles. The number of rotatable bonds is 8. The number of amides is 2. The summed E-state index contributed by atoms with van der Waals surface area (Å²) in [5.74, 6) is -0.965. The van der Waals surface area contributed by atoms with Crippen LogP contribution in [0.2, 0.25) is 5.02 Å². The molecule has 1 aliphatic carbocycles. The number of carbonyl (C=O) groups is 2. The van der Waals surface area contributed by atoms with Crippen LogP contribution in [0.1, 0.15) is 62.1 Å². The molecule has 4 nitrogen and oxygen atoms in total. The first-order chi connectivity index (χ1) is 15.4. The van der Waals surface area contributed by atoms with E-state index < -0.39 is 11.9 Å². The van der Waals surface area contributed by atoms with Gasteiger partial charge >= 0.3 is 0 Å². The number of halogens is 2. The Morgan fingerprint density at radius 3 is 2.50 bits per heavy atom. The summed E-state index contributed by atoms with van der Waals surface area (Å²) in [6.45, 7) is 4.17. The minimum Gasteiger partial charge on any atom is -0.352 e. The molecule has 3 rings (SSSR count). The van der Waals surface area contributed by atoms with Crippen LogP contribution in [0.4, 0.5) is 4.39 Å². The molecule has 0 unspecified atom stereocenters. The second-order valence-corrected chi connectivity index (χ2v) is 9.00. The molecule has 0 bridgehead atoms. The molecule has 6 heteroatoms. The number of benzene rings is 2. The first-order valence-electron chi connectivity index (χ1n) is 11.5. The molecule has 0 saturated heterocycles. The molecule has 0 radical (unpaired) electrons. The highest BCUT2D eigenvalue weighted by atomic mass is 35.5. The van der Waals surface area contributed by atoms with Crippen molar-refractivity contribution in [3.05, 3.63) is 70.0 Å². The van der Waals surface area contributed by atoms with Crippen LogP contribution in [-0.2, 0) is 22.6 Å². The number of nitrogens with zero attached hydrogens (tertiary/aromatic N) is 1. The molecule has 0 spiro atoms. The van der Waals surface area contributed by atoms with Crippen LogP contribution >= 0.6 is 11.6 Å². The van der Waals surface area contributed by atoms with E-state index in [1.807, 2.05) is 38.1 Å². The summed E-state index contributed by atoms with van der Waals surface area (Å²) in [7, 11) is 0. The largest absolute Gasteiger partial charge is 0.352 e. The van der Waals surface area contributed by atoms with Gasteiger partial charge in [-0.15, -0.1) is 0 Å².